The van der Waals surface area contributed by atoms with Gasteiger partial charge in [0.2, 0.25) is 0 Å². The minimum absolute atomic E-state index is 0.0444. The van der Waals surface area contributed by atoms with Crippen LogP contribution >= 0.6 is 0 Å². The molecule has 0 aliphatic heterocycles. The van der Waals surface area contributed by atoms with Crippen molar-refractivity contribution in [2.24, 2.45) is 11.8 Å². The first kappa shape index (κ1) is 18.4. The van der Waals surface area contributed by atoms with Gasteiger partial charge in [-0.05, 0) is 42.9 Å². The highest BCUT2D eigenvalue weighted by molar-refractivity contribution is 5.87. The van der Waals surface area contributed by atoms with Crippen molar-refractivity contribution in [1.29, 1.82) is 0 Å². The van der Waals surface area contributed by atoms with Gasteiger partial charge >= 0.3 is 0 Å². The molecule has 2 aliphatic rings. The average Bonchev–Trinajstić information content (AvgIpc) is 3.29. The second kappa shape index (κ2) is 7.59. The van der Waals surface area contributed by atoms with Crippen molar-refractivity contribution in [3.8, 4) is 39.5 Å². The Bertz CT molecular complexity index is 985. The fourth-order valence-electron chi connectivity index (χ4n) is 4.30. The van der Waals surface area contributed by atoms with E-state index in [-0.39, 0.29) is 17.2 Å². The lowest BCUT2D eigenvalue weighted by atomic mass is 9.93. The van der Waals surface area contributed by atoms with Crippen LogP contribution in [0.4, 0.5) is 0 Å². The highest BCUT2D eigenvalue weighted by atomic mass is 16.3. The first-order valence-corrected chi connectivity index (χ1v) is 9.95. The maximum Gasteiger partial charge on any atom is 0.131 e. The van der Waals surface area contributed by atoms with Crippen LogP contribution in [0.15, 0.2) is 60.7 Å². The zero-order valence-electron chi connectivity index (χ0n) is 16.1. The predicted molar refractivity (Wildman–Crippen MR) is 112 cm³/mol. The zero-order valence-corrected chi connectivity index (χ0v) is 16.1. The fraction of sp³-hybridized carbons (Fsp3) is 0.280. The lowest BCUT2D eigenvalue weighted by Crippen LogP contribution is -1.89. The Morgan fingerprint density at radius 2 is 1.25 bits per heavy atom. The number of rotatable bonds is 2. The molecule has 0 bridgehead atoms. The number of aryl methyl sites for hydroxylation is 1. The topological polar surface area (TPSA) is 60.7 Å². The normalized spacial score (nSPS) is 19.5. The van der Waals surface area contributed by atoms with Crippen LogP contribution < -0.4 is 0 Å². The number of aromatic hydroxyl groups is 3. The molecule has 2 aliphatic carbocycles. The summed E-state index contributed by atoms with van der Waals surface area (Å²) in [6.07, 6.45) is 6.24. The van der Waals surface area contributed by atoms with Crippen LogP contribution in [0.5, 0.6) is 17.2 Å². The standard InChI is InChI=1S/C19H16O3.C6H10/c1-12-10-11-14(13-6-2-4-8-16(13)20)19(22)18(12)15-7-3-5-9-17(15)21;1-2-5-4-6(5)3-1/h2-11,20-22H,1H3;5-6H,1-4H2. The summed E-state index contributed by atoms with van der Waals surface area (Å²) < 4.78 is 0. The van der Waals surface area contributed by atoms with Gasteiger partial charge in [-0.25, -0.2) is 0 Å². The molecule has 0 amide bonds. The molecule has 2 fully saturated rings. The minimum Gasteiger partial charge on any atom is -0.507 e. The van der Waals surface area contributed by atoms with E-state index in [0.717, 1.165) is 5.56 Å². The summed E-state index contributed by atoms with van der Waals surface area (Å²) in [4.78, 5) is 0. The van der Waals surface area contributed by atoms with Crippen LogP contribution in [0.2, 0.25) is 0 Å². The summed E-state index contributed by atoms with van der Waals surface area (Å²) in [6.45, 7) is 1.87. The van der Waals surface area contributed by atoms with E-state index >= 15 is 0 Å². The smallest absolute Gasteiger partial charge is 0.131 e. The zero-order chi connectivity index (χ0) is 19.7. The van der Waals surface area contributed by atoms with E-state index in [2.05, 4.69) is 0 Å². The van der Waals surface area contributed by atoms with Gasteiger partial charge in [0.15, 0.2) is 0 Å². The number of hydrogen-bond donors (Lipinski definition) is 3. The first-order chi connectivity index (χ1) is 13.6. The Morgan fingerprint density at radius 3 is 1.75 bits per heavy atom. The van der Waals surface area contributed by atoms with Gasteiger partial charge in [-0.3, -0.25) is 0 Å². The van der Waals surface area contributed by atoms with E-state index in [1.807, 2.05) is 13.0 Å². The third-order valence-electron chi connectivity index (χ3n) is 5.97. The third-order valence-corrected chi connectivity index (χ3v) is 5.97. The molecular formula is C25H26O3. The second-order valence-electron chi connectivity index (χ2n) is 7.87. The largest absolute Gasteiger partial charge is 0.507 e. The molecule has 0 aromatic heterocycles. The van der Waals surface area contributed by atoms with Crippen molar-refractivity contribution in [2.45, 2.75) is 32.6 Å². The molecular weight excluding hydrogens is 348 g/mol. The van der Waals surface area contributed by atoms with Gasteiger partial charge in [-0.2, -0.15) is 0 Å². The Kier molecular flexibility index (Phi) is 4.99. The van der Waals surface area contributed by atoms with Gasteiger partial charge in [-0.1, -0.05) is 67.8 Å². The summed E-state index contributed by atoms with van der Waals surface area (Å²) in [6, 6.07) is 17.4. The Labute approximate surface area is 165 Å². The van der Waals surface area contributed by atoms with Crippen molar-refractivity contribution in [3.05, 3.63) is 66.2 Å². The van der Waals surface area contributed by atoms with Gasteiger partial charge in [0.25, 0.3) is 0 Å². The van der Waals surface area contributed by atoms with Crippen LogP contribution in [0.25, 0.3) is 22.3 Å². The van der Waals surface area contributed by atoms with E-state index < -0.39 is 0 Å². The lowest BCUT2D eigenvalue weighted by Gasteiger charge is -2.15. The fourth-order valence-corrected chi connectivity index (χ4v) is 4.30. The third kappa shape index (κ3) is 3.57. The number of phenols is 3. The van der Waals surface area contributed by atoms with Gasteiger partial charge in [0, 0.05) is 22.3 Å². The van der Waals surface area contributed by atoms with E-state index in [1.165, 1.54) is 18.3 Å². The van der Waals surface area contributed by atoms with Crippen molar-refractivity contribution in [1.82, 2.24) is 0 Å². The van der Waals surface area contributed by atoms with Crippen molar-refractivity contribution < 1.29 is 15.3 Å². The molecule has 144 valence electrons. The highest BCUT2D eigenvalue weighted by Gasteiger charge is 2.40. The molecule has 5 rings (SSSR count). The summed E-state index contributed by atoms with van der Waals surface area (Å²) in [5, 5.41) is 30.8. The average molecular weight is 374 g/mol. The quantitative estimate of drug-likeness (QED) is 0.497. The van der Waals surface area contributed by atoms with Gasteiger partial charge in [-0.15, -0.1) is 0 Å². The van der Waals surface area contributed by atoms with Gasteiger partial charge in [0.1, 0.15) is 17.2 Å². The molecule has 0 heterocycles. The van der Waals surface area contributed by atoms with Crippen LogP contribution in [0.3, 0.4) is 0 Å². The summed E-state index contributed by atoms with van der Waals surface area (Å²) in [5.41, 5.74) is 3.06. The maximum absolute atomic E-state index is 10.7. The lowest BCUT2D eigenvalue weighted by molar-refractivity contribution is 0.466. The van der Waals surface area contributed by atoms with Crippen LogP contribution in [-0.2, 0) is 0 Å². The molecule has 3 aromatic rings. The number of phenolic OH excluding ortho intramolecular Hbond substituents is 3. The summed E-state index contributed by atoms with van der Waals surface area (Å²) in [5.74, 6) is 2.68. The second-order valence-corrected chi connectivity index (χ2v) is 7.87. The van der Waals surface area contributed by atoms with E-state index in [4.69, 9.17) is 0 Å². The SMILES string of the molecule is C1CC2CC2C1.Cc1ccc(-c2ccccc2O)c(O)c1-c1ccccc1O. The van der Waals surface area contributed by atoms with Crippen LogP contribution in [-0.4, -0.2) is 15.3 Å². The predicted octanol–water partition coefficient (Wildman–Crippen LogP) is 6.25. The summed E-state index contributed by atoms with van der Waals surface area (Å²) in [7, 11) is 0. The van der Waals surface area contributed by atoms with Crippen molar-refractivity contribution in [2.75, 3.05) is 0 Å². The molecule has 0 radical (unpaired) electrons. The Hall–Kier alpha value is -2.94. The van der Waals surface area contributed by atoms with Crippen molar-refractivity contribution >= 4 is 0 Å². The molecule has 0 spiro atoms. The molecule has 2 saturated carbocycles. The maximum atomic E-state index is 10.7. The molecule has 2 unspecified atom stereocenters. The van der Waals surface area contributed by atoms with Gasteiger partial charge < -0.3 is 15.3 Å². The number of fused-ring (bicyclic) bond motifs is 1. The Balaban J connectivity index is 0.000000268. The molecule has 3 nitrogen and oxygen atoms in total. The van der Waals surface area contributed by atoms with Crippen LogP contribution in [0.1, 0.15) is 31.2 Å². The molecule has 0 saturated heterocycles. The molecule has 3 N–H and O–H groups in total. The Morgan fingerprint density at radius 1 is 0.679 bits per heavy atom. The molecule has 3 heteroatoms. The van der Waals surface area contributed by atoms with E-state index in [0.29, 0.717) is 22.3 Å². The number of para-hydroxylation sites is 2. The molecule has 3 aromatic carbocycles. The highest BCUT2D eigenvalue weighted by Crippen LogP contribution is 2.51. The number of hydrogen-bond acceptors (Lipinski definition) is 3. The van der Waals surface area contributed by atoms with Gasteiger partial charge in [0.05, 0.1) is 0 Å². The van der Waals surface area contributed by atoms with E-state index in [1.54, 1.807) is 73.9 Å². The first-order valence-electron chi connectivity index (χ1n) is 9.95. The minimum atomic E-state index is 0.0444. The monoisotopic (exact) mass is 374 g/mol. The number of benzene rings is 3. The van der Waals surface area contributed by atoms with Crippen molar-refractivity contribution in [3.63, 3.8) is 0 Å². The van der Waals surface area contributed by atoms with E-state index in [9.17, 15) is 15.3 Å². The summed E-state index contributed by atoms with van der Waals surface area (Å²) >= 11 is 0. The molecule has 2 atom stereocenters. The molecule has 28 heavy (non-hydrogen) atoms. The van der Waals surface area contributed by atoms with Crippen LogP contribution in [0, 0.1) is 18.8 Å².